The van der Waals surface area contributed by atoms with Crippen molar-refractivity contribution in [2.24, 2.45) is 0 Å². The third-order valence-corrected chi connectivity index (χ3v) is 4.69. The summed E-state index contributed by atoms with van der Waals surface area (Å²) in [5.74, 6) is 2.07. The van der Waals surface area contributed by atoms with Crippen LogP contribution in [0.2, 0.25) is 0 Å². The monoisotopic (exact) mass is 399 g/mol. The molecule has 0 N–H and O–H groups in total. The summed E-state index contributed by atoms with van der Waals surface area (Å²) in [5, 5.41) is 0. The number of carbonyl (C=O) groups excluding carboxylic acids is 1. The molecule has 1 aromatic heterocycles. The van der Waals surface area contributed by atoms with Crippen molar-refractivity contribution in [1.29, 1.82) is 0 Å². The summed E-state index contributed by atoms with van der Waals surface area (Å²) in [5.41, 5.74) is 0.786. The fraction of sp³-hybridized carbons (Fsp3) is 0.381. The third-order valence-electron chi connectivity index (χ3n) is 4.69. The van der Waals surface area contributed by atoms with Gasteiger partial charge in [-0.1, -0.05) is 0 Å². The molecule has 1 aromatic carbocycles. The molecule has 0 unspecified atom stereocenters. The Balaban J connectivity index is 1.59. The van der Waals surface area contributed by atoms with Crippen LogP contribution in [-0.2, 0) is 4.79 Å². The molecule has 0 aliphatic carbocycles. The zero-order valence-electron chi connectivity index (χ0n) is 16.8. The van der Waals surface area contributed by atoms with E-state index in [2.05, 4.69) is 9.97 Å². The van der Waals surface area contributed by atoms with Crippen LogP contribution in [0.25, 0.3) is 6.08 Å². The SMILES string of the molecule is COc1cc(C=CC(=O)N2CCC(Oc3cnccn3)CC2)cc(OC)c1OC. The van der Waals surface area contributed by atoms with Crippen LogP contribution in [0, 0.1) is 0 Å². The predicted molar refractivity (Wildman–Crippen MR) is 107 cm³/mol. The van der Waals surface area contributed by atoms with E-state index in [0.717, 1.165) is 18.4 Å². The summed E-state index contributed by atoms with van der Waals surface area (Å²) in [6.07, 6.45) is 9.64. The van der Waals surface area contributed by atoms with E-state index in [-0.39, 0.29) is 12.0 Å². The van der Waals surface area contributed by atoms with E-state index in [0.29, 0.717) is 36.2 Å². The molecule has 1 fully saturated rings. The zero-order chi connectivity index (χ0) is 20.6. The first kappa shape index (κ1) is 20.4. The van der Waals surface area contributed by atoms with Crippen molar-refractivity contribution in [2.75, 3.05) is 34.4 Å². The van der Waals surface area contributed by atoms with Gasteiger partial charge >= 0.3 is 0 Å². The Bertz CT molecular complexity index is 824. The van der Waals surface area contributed by atoms with Crippen molar-refractivity contribution < 1.29 is 23.7 Å². The molecule has 2 heterocycles. The zero-order valence-corrected chi connectivity index (χ0v) is 16.8. The number of aromatic nitrogens is 2. The van der Waals surface area contributed by atoms with Crippen LogP contribution in [-0.4, -0.2) is 61.3 Å². The molecule has 0 atom stereocenters. The minimum absolute atomic E-state index is 0.0369. The first-order valence-corrected chi connectivity index (χ1v) is 9.34. The molecule has 3 rings (SSSR count). The van der Waals surface area contributed by atoms with Gasteiger partial charge in [0.05, 0.1) is 27.5 Å². The van der Waals surface area contributed by atoms with Crippen LogP contribution in [0.1, 0.15) is 18.4 Å². The second-order valence-electron chi connectivity index (χ2n) is 6.48. The third kappa shape index (κ3) is 5.16. The average molecular weight is 399 g/mol. The summed E-state index contributed by atoms with van der Waals surface area (Å²) in [7, 11) is 4.67. The molecule has 0 bridgehead atoms. The van der Waals surface area contributed by atoms with Gasteiger partial charge in [-0.15, -0.1) is 0 Å². The Labute approximate surface area is 170 Å². The van der Waals surface area contributed by atoms with E-state index in [1.165, 1.54) is 0 Å². The maximum Gasteiger partial charge on any atom is 0.246 e. The Morgan fingerprint density at radius 2 is 1.76 bits per heavy atom. The van der Waals surface area contributed by atoms with E-state index in [1.807, 2.05) is 4.90 Å². The van der Waals surface area contributed by atoms with E-state index >= 15 is 0 Å². The average Bonchev–Trinajstić information content (AvgIpc) is 2.77. The maximum atomic E-state index is 12.6. The number of carbonyl (C=O) groups is 1. The molecular formula is C21H25N3O5. The maximum absolute atomic E-state index is 12.6. The fourth-order valence-corrected chi connectivity index (χ4v) is 3.18. The molecule has 0 radical (unpaired) electrons. The molecule has 29 heavy (non-hydrogen) atoms. The van der Waals surface area contributed by atoms with Crippen LogP contribution in [0.3, 0.4) is 0 Å². The molecule has 8 heteroatoms. The Kier molecular flexibility index (Phi) is 6.89. The summed E-state index contributed by atoms with van der Waals surface area (Å²) < 4.78 is 21.8. The number of likely N-dealkylation sites (tertiary alicyclic amines) is 1. The molecule has 0 saturated carbocycles. The summed E-state index contributed by atoms with van der Waals surface area (Å²) in [6, 6.07) is 3.60. The molecule has 0 spiro atoms. The molecule has 154 valence electrons. The van der Waals surface area contributed by atoms with Crippen molar-refractivity contribution in [3.8, 4) is 23.1 Å². The minimum atomic E-state index is -0.0447. The molecular weight excluding hydrogens is 374 g/mol. The number of ether oxygens (including phenoxy) is 4. The molecule has 1 saturated heterocycles. The van der Waals surface area contributed by atoms with Gasteiger partial charge in [0.1, 0.15) is 6.10 Å². The van der Waals surface area contributed by atoms with Gasteiger partial charge in [-0.2, -0.15) is 0 Å². The lowest BCUT2D eigenvalue weighted by Crippen LogP contribution is -2.41. The summed E-state index contributed by atoms with van der Waals surface area (Å²) >= 11 is 0. The molecule has 1 aliphatic rings. The van der Waals surface area contributed by atoms with Crippen LogP contribution in [0.15, 0.2) is 36.8 Å². The fourth-order valence-electron chi connectivity index (χ4n) is 3.18. The van der Waals surface area contributed by atoms with Crippen LogP contribution in [0.4, 0.5) is 0 Å². The number of rotatable bonds is 7. The van der Waals surface area contributed by atoms with Gasteiger partial charge in [-0.05, 0) is 23.8 Å². The van der Waals surface area contributed by atoms with Crippen LogP contribution >= 0.6 is 0 Å². The lowest BCUT2D eigenvalue weighted by molar-refractivity contribution is -0.127. The van der Waals surface area contributed by atoms with E-state index in [1.54, 1.807) is 64.2 Å². The highest BCUT2D eigenvalue weighted by Gasteiger charge is 2.23. The minimum Gasteiger partial charge on any atom is -0.493 e. The van der Waals surface area contributed by atoms with E-state index < -0.39 is 0 Å². The number of nitrogens with zero attached hydrogens (tertiary/aromatic N) is 3. The van der Waals surface area contributed by atoms with Crippen molar-refractivity contribution >= 4 is 12.0 Å². The van der Waals surface area contributed by atoms with Crippen LogP contribution < -0.4 is 18.9 Å². The van der Waals surface area contributed by atoms with Gasteiger partial charge in [-0.25, -0.2) is 4.98 Å². The van der Waals surface area contributed by atoms with Crippen molar-refractivity contribution in [3.63, 3.8) is 0 Å². The molecule has 1 aliphatic heterocycles. The number of hydrogen-bond acceptors (Lipinski definition) is 7. The predicted octanol–water partition coefficient (Wildman–Crippen LogP) is 2.59. The van der Waals surface area contributed by atoms with Gasteiger partial charge in [-0.3, -0.25) is 9.78 Å². The standard InChI is InChI=1S/C21H25N3O5/c1-26-17-12-15(13-18(27-2)21(17)28-3)4-5-20(25)24-10-6-16(7-11-24)29-19-14-22-8-9-23-19/h4-5,8-9,12-14,16H,6-7,10-11H2,1-3H3. The van der Waals surface area contributed by atoms with E-state index in [4.69, 9.17) is 18.9 Å². The second kappa shape index (κ2) is 9.77. The smallest absolute Gasteiger partial charge is 0.246 e. The van der Waals surface area contributed by atoms with Crippen LogP contribution in [0.5, 0.6) is 23.1 Å². The topological polar surface area (TPSA) is 83.0 Å². The van der Waals surface area contributed by atoms with Crippen molar-refractivity contribution in [3.05, 3.63) is 42.4 Å². The normalized spacial score (nSPS) is 14.7. The summed E-state index contributed by atoms with van der Waals surface area (Å²) in [4.78, 5) is 22.5. The highest BCUT2D eigenvalue weighted by molar-refractivity contribution is 5.92. The quantitative estimate of drug-likeness (QED) is 0.662. The largest absolute Gasteiger partial charge is 0.493 e. The van der Waals surface area contributed by atoms with E-state index in [9.17, 15) is 4.79 Å². The number of hydrogen-bond donors (Lipinski definition) is 0. The van der Waals surface area contributed by atoms with Gasteiger partial charge < -0.3 is 23.8 Å². The van der Waals surface area contributed by atoms with Crippen molar-refractivity contribution in [1.82, 2.24) is 14.9 Å². The van der Waals surface area contributed by atoms with Gasteiger partial charge in [0.15, 0.2) is 11.5 Å². The first-order valence-electron chi connectivity index (χ1n) is 9.34. The van der Waals surface area contributed by atoms with Gasteiger partial charge in [0, 0.05) is 44.4 Å². The number of methoxy groups -OCH3 is 3. The highest BCUT2D eigenvalue weighted by atomic mass is 16.5. The molecule has 2 aromatic rings. The van der Waals surface area contributed by atoms with Gasteiger partial charge in [0.2, 0.25) is 17.5 Å². The second-order valence-corrected chi connectivity index (χ2v) is 6.48. The van der Waals surface area contributed by atoms with Crippen molar-refractivity contribution in [2.45, 2.75) is 18.9 Å². The number of benzene rings is 1. The Morgan fingerprint density at radius 3 is 2.31 bits per heavy atom. The van der Waals surface area contributed by atoms with Gasteiger partial charge in [0.25, 0.3) is 0 Å². The number of piperidine rings is 1. The molecule has 8 nitrogen and oxygen atoms in total. The summed E-state index contributed by atoms with van der Waals surface area (Å²) in [6.45, 7) is 1.26. The lowest BCUT2D eigenvalue weighted by Gasteiger charge is -2.31. The Morgan fingerprint density at radius 1 is 1.07 bits per heavy atom. The lowest BCUT2D eigenvalue weighted by atomic mass is 10.1. The number of amides is 1. The molecule has 1 amide bonds. The first-order chi connectivity index (χ1) is 14.1. The Hall–Kier alpha value is -3.29. The highest BCUT2D eigenvalue weighted by Crippen LogP contribution is 2.38.